The van der Waals surface area contributed by atoms with Gasteiger partial charge >= 0.3 is 5.97 Å². The minimum atomic E-state index is -0.240. The molecular weight excluding hydrogens is 304 g/mol. The number of rotatable bonds is 6. The highest BCUT2D eigenvalue weighted by Crippen LogP contribution is 2.09. The van der Waals surface area contributed by atoms with Crippen LogP contribution in [0.5, 0.6) is 5.75 Å². The summed E-state index contributed by atoms with van der Waals surface area (Å²) >= 11 is 0. The van der Waals surface area contributed by atoms with Crippen molar-refractivity contribution in [1.29, 1.82) is 0 Å². The predicted octanol–water partition coefficient (Wildman–Crippen LogP) is 4.16. The van der Waals surface area contributed by atoms with Gasteiger partial charge in [-0.1, -0.05) is 48.0 Å². The second kappa shape index (κ2) is 11.2. The normalized spacial score (nSPS) is 11.0. The molecule has 2 aromatic carbocycles. The van der Waals surface area contributed by atoms with Crippen LogP contribution in [0.4, 0.5) is 0 Å². The van der Waals surface area contributed by atoms with Crippen molar-refractivity contribution in [2.45, 2.75) is 33.0 Å². The smallest absolute Gasteiger partial charge is 0.308 e. The van der Waals surface area contributed by atoms with E-state index in [1.54, 1.807) is 7.11 Å². The molecule has 1 unspecified atom stereocenters. The Bertz CT molecular complexity index is 578. The Morgan fingerprint density at radius 3 is 2.17 bits per heavy atom. The fourth-order valence-electron chi connectivity index (χ4n) is 1.86. The van der Waals surface area contributed by atoms with Crippen LogP contribution in [0.3, 0.4) is 0 Å². The maximum absolute atomic E-state index is 10.9. The third-order valence-electron chi connectivity index (χ3n) is 3.32. The van der Waals surface area contributed by atoms with Crippen molar-refractivity contribution in [3.8, 4) is 5.75 Å². The SMILES string of the molecule is COC(=O)CC(C)OCc1ccccc1.COc1ccc(C)cc1. The van der Waals surface area contributed by atoms with E-state index in [-0.39, 0.29) is 12.1 Å². The van der Waals surface area contributed by atoms with E-state index in [9.17, 15) is 4.79 Å². The van der Waals surface area contributed by atoms with Gasteiger partial charge in [0.2, 0.25) is 0 Å². The van der Waals surface area contributed by atoms with Crippen molar-refractivity contribution in [3.05, 3.63) is 65.7 Å². The van der Waals surface area contributed by atoms with Gasteiger partial charge in [-0.15, -0.1) is 0 Å². The number of methoxy groups -OCH3 is 2. The van der Waals surface area contributed by atoms with Gasteiger partial charge in [0.25, 0.3) is 0 Å². The summed E-state index contributed by atoms with van der Waals surface area (Å²) in [6, 6.07) is 17.8. The van der Waals surface area contributed by atoms with E-state index in [0.29, 0.717) is 13.0 Å². The molecule has 0 aliphatic carbocycles. The lowest BCUT2D eigenvalue weighted by molar-refractivity contribution is -0.143. The first kappa shape index (κ1) is 19.7. The molecule has 0 spiro atoms. The lowest BCUT2D eigenvalue weighted by Gasteiger charge is -2.11. The predicted molar refractivity (Wildman–Crippen MR) is 95.1 cm³/mol. The zero-order valence-corrected chi connectivity index (χ0v) is 14.8. The summed E-state index contributed by atoms with van der Waals surface area (Å²) in [6.07, 6.45) is 0.182. The molecule has 2 aromatic rings. The van der Waals surface area contributed by atoms with E-state index < -0.39 is 0 Å². The third kappa shape index (κ3) is 8.34. The molecule has 0 fully saturated rings. The Hall–Kier alpha value is -2.33. The van der Waals surface area contributed by atoms with Crippen molar-refractivity contribution in [2.24, 2.45) is 0 Å². The summed E-state index contributed by atoms with van der Waals surface area (Å²) in [5, 5.41) is 0. The highest BCUT2D eigenvalue weighted by molar-refractivity contribution is 5.69. The minimum absolute atomic E-state index is 0.113. The monoisotopic (exact) mass is 330 g/mol. The zero-order chi connectivity index (χ0) is 17.8. The van der Waals surface area contributed by atoms with Crippen molar-refractivity contribution in [3.63, 3.8) is 0 Å². The largest absolute Gasteiger partial charge is 0.497 e. The third-order valence-corrected chi connectivity index (χ3v) is 3.32. The fraction of sp³-hybridized carbons (Fsp3) is 0.350. The Kier molecular flexibility index (Phi) is 9.24. The van der Waals surface area contributed by atoms with Crippen LogP contribution < -0.4 is 4.74 Å². The van der Waals surface area contributed by atoms with Gasteiger partial charge in [0, 0.05) is 0 Å². The highest BCUT2D eigenvalue weighted by atomic mass is 16.5. The summed E-state index contributed by atoms with van der Waals surface area (Å²) in [5.74, 6) is 0.677. The van der Waals surface area contributed by atoms with Gasteiger partial charge in [-0.3, -0.25) is 4.79 Å². The second-order valence-electron chi connectivity index (χ2n) is 5.40. The highest BCUT2D eigenvalue weighted by Gasteiger charge is 2.09. The van der Waals surface area contributed by atoms with Crippen LogP contribution in [0, 0.1) is 6.92 Å². The standard InChI is InChI=1S/C12H16O3.C8H10O/c1-10(8-12(13)14-2)15-9-11-6-4-3-5-7-11;1-7-3-5-8(9-2)6-4-7/h3-7,10H,8-9H2,1-2H3;3-6H,1-2H3. The molecule has 0 N–H and O–H groups in total. The molecule has 130 valence electrons. The average Bonchev–Trinajstić information content (AvgIpc) is 2.62. The number of aryl methyl sites for hydroxylation is 1. The molecule has 2 rings (SSSR count). The molecule has 0 bridgehead atoms. The van der Waals surface area contributed by atoms with E-state index in [4.69, 9.17) is 9.47 Å². The maximum Gasteiger partial charge on any atom is 0.308 e. The van der Waals surface area contributed by atoms with E-state index in [1.165, 1.54) is 12.7 Å². The van der Waals surface area contributed by atoms with Gasteiger partial charge in [-0.25, -0.2) is 0 Å². The average molecular weight is 330 g/mol. The van der Waals surface area contributed by atoms with Crippen LogP contribution in [0.1, 0.15) is 24.5 Å². The summed E-state index contributed by atoms with van der Waals surface area (Å²) in [5.41, 5.74) is 2.37. The number of esters is 1. The summed E-state index contributed by atoms with van der Waals surface area (Å²) in [7, 11) is 3.05. The number of carbonyl (C=O) groups excluding carboxylic acids is 1. The number of carbonyl (C=O) groups is 1. The maximum atomic E-state index is 10.9. The molecule has 0 saturated carbocycles. The fourth-order valence-corrected chi connectivity index (χ4v) is 1.86. The van der Waals surface area contributed by atoms with Gasteiger partial charge in [-0.2, -0.15) is 0 Å². The van der Waals surface area contributed by atoms with E-state index in [2.05, 4.69) is 11.7 Å². The molecule has 0 heterocycles. The Morgan fingerprint density at radius 2 is 1.62 bits per heavy atom. The van der Waals surface area contributed by atoms with Crippen LogP contribution in [-0.4, -0.2) is 26.3 Å². The Morgan fingerprint density at radius 1 is 1.00 bits per heavy atom. The second-order valence-corrected chi connectivity index (χ2v) is 5.40. The molecule has 4 heteroatoms. The topological polar surface area (TPSA) is 44.8 Å². The molecule has 0 saturated heterocycles. The van der Waals surface area contributed by atoms with Gasteiger partial charge in [-0.05, 0) is 31.5 Å². The van der Waals surface area contributed by atoms with E-state index >= 15 is 0 Å². The number of benzene rings is 2. The van der Waals surface area contributed by atoms with Crippen molar-refractivity contribution in [1.82, 2.24) is 0 Å². The van der Waals surface area contributed by atoms with Crippen LogP contribution >= 0.6 is 0 Å². The lowest BCUT2D eigenvalue weighted by atomic mass is 10.2. The Labute approximate surface area is 144 Å². The zero-order valence-electron chi connectivity index (χ0n) is 14.8. The lowest BCUT2D eigenvalue weighted by Crippen LogP contribution is -2.15. The van der Waals surface area contributed by atoms with Crippen molar-refractivity contribution in [2.75, 3.05) is 14.2 Å². The van der Waals surface area contributed by atoms with Crippen molar-refractivity contribution < 1.29 is 19.0 Å². The molecule has 24 heavy (non-hydrogen) atoms. The molecule has 0 aliphatic rings. The molecule has 1 atom stereocenters. The van der Waals surface area contributed by atoms with Crippen LogP contribution in [0.15, 0.2) is 54.6 Å². The molecule has 4 nitrogen and oxygen atoms in total. The summed E-state index contributed by atoms with van der Waals surface area (Å²) in [6.45, 7) is 4.44. The van der Waals surface area contributed by atoms with Crippen molar-refractivity contribution >= 4 is 5.97 Å². The first-order valence-electron chi connectivity index (χ1n) is 7.88. The van der Waals surface area contributed by atoms with E-state index in [1.807, 2.05) is 61.5 Å². The first-order valence-corrected chi connectivity index (χ1v) is 7.88. The van der Waals surface area contributed by atoms with Gasteiger partial charge in [0.15, 0.2) is 0 Å². The van der Waals surface area contributed by atoms with E-state index in [0.717, 1.165) is 11.3 Å². The minimum Gasteiger partial charge on any atom is -0.497 e. The summed E-state index contributed by atoms with van der Waals surface area (Å²) < 4.78 is 15.0. The molecule has 0 radical (unpaired) electrons. The van der Waals surface area contributed by atoms with Gasteiger partial charge in [0.1, 0.15) is 5.75 Å². The Balaban J connectivity index is 0.000000272. The number of hydrogen-bond donors (Lipinski definition) is 0. The first-order chi connectivity index (χ1) is 11.5. The van der Waals surface area contributed by atoms with Crippen LogP contribution in [0.2, 0.25) is 0 Å². The molecule has 0 amide bonds. The van der Waals surface area contributed by atoms with Crippen LogP contribution in [-0.2, 0) is 20.9 Å². The van der Waals surface area contributed by atoms with Crippen LogP contribution in [0.25, 0.3) is 0 Å². The summed E-state index contributed by atoms with van der Waals surface area (Å²) in [4.78, 5) is 10.9. The van der Waals surface area contributed by atoms with Gasteiger partial charge in [0.05, 0.1) is 33.4 Å². The molecule has 0 aromatic heterocycles. The number of ether oxygens (including phenoxy) is 3. The van der Waals surface area contributed by atoms with Gasteiger partial charge < -0.3 is 14.2 Å². The number of hydrogen-bond acceptors (Lipinski definition) is 4. The molecule has 0 aliphatic heterocycles. The quantitative estimate of drug-likeness (QED) is 0.746. The molecular formula is C20H26O4.